The van der Waals surface area contributed by atoms with Crippen molar-refractivity contribution in [3.63, 3.8) is 0 Å². The number of hydrogen-bond acceptors (Lipinski definition) is 12. The molecule has 3 aromatic rings. The summed E-state index contributed by atoms with van der Waals surface area (Å²) in [5, 5.41) is 13.8. The average molecular weight is 579 g/mol. The molecule has 202 valence electrons. The third-order valence-electron chi connectivity index (χ3n) is 4.72. The lowest BCUT2D eigenvalue weighted by Gasteiger charge is -2.06. The fourth-order valence-electron chi connectivity index (χ4n) is 3.09. The average Bonchev–Trinajstić information content (AvgIpc) is 3.47. The number of aromatic nitrogens is 2. The zero-order valence-electron chi connectivity index (χ0n) is 21.1. The highest BCUT2D eigenvalue weighted by Gasteiger charge is 2.27. The molecular formula is C24H26N4O7S3. The van der Waals surface area contributed by atoms with Gasteiger partial charge in [0.15, 0.2) is 4.34 Å². The van der Waals surface area contributed by atoms with E-state index in [2.05, 4.69) is 20.8 Å². The highest BCUT2D eigenvalue weighted by molar-refractivity contribution is 8.01. The zero-order chi connectivity index (χ0) is 27.7. The van der Waals surface area contributed by atoms with Gasteiger partial charge in [-0.05, 0) is 57.5 Å². The van der Waals surface area contributed by atoms with E-state index in [1.165, 1.54) is 0 Å². The number of carbonyl (C=O) groups excluding carboxylic acids is 4. The number of amides is 2. The van der Waals surface area contributed by atoms with Crippen molar-refractivity contribution >= 4 is 68.3 Å². The number of hydrogen-bond donors (Lipinski definition) is 2. The van der Waals surface area contributed by atoms with Gasteiger partial charge in [-0.2, -0.15) is 0 Å². The third kappa shape index (κ3) is 7.52. The standard InChI is InChI=1S/C24H26N4O7S3/c1-5-33-15-10-8-14(9-11-15)19(30)26-23-27-28-24(38-23)36-12-16(29)25-20-17(21(31)34-6-2)13(4)18(37-20)22(32)35-7-3/h8-11H,5-7,12H2,1-4H3,(H,25,29)(H,26,27,30). The molecule has 38 heavy (non-hydrogen) atoms. The van der Waals surface area contributed by atoms with Crippen LogP contribution in [0.25, 0.3) is 0 Å². The minimum Gasteiger partial charge on any atom is -0.494 e. The lowest BCUT2D eigenvalue weighted by molar-refractivity contribution is -0.113. The molecule has 0 unspecified atom stereocenters. The van der Waals surface area contributed by atoms with Crippen molar-refractivity contribution in [1.29, 1.82) is 0 Å². The number of thioether (sulfide) groups is 1. The summed E-state index contributed by atoms with van der Waals surface area (Å²) in [5.74, 6) is -1.38. The fourth-order valence-corrected chi connectivity index (χ4v) is 5.74. The Balaban J connectivity index is 1.61. The Morgan fingerprint density at radius 3 is 2.24 bits per heavy atom. The molecule has 11 nitrogen and oxygen atoms in total. The molecule has 2 heterocycles. The summed E-state index contributed by atoms with van der Waals surface area (Å²) < 4.78 is 16.0. The first-order valence-electron chi connectivity index (χ1n) is 11.5. The van der Waals surface area contributed by atoms with E-state index < -0.39 is 17.8 Å². The van der Waals surface area contributed by atoms with Gasteiger partial charge in [0, 0.05) is 5.56 Å². The van der Waals surface area contributed by atoms with Gasteiger partial charge in [0.2, 0.25) is 11.0 Å². The van der Waals surface area contributed by atoms with Gasteiger partial charge < -0.3 is 19.5 Å². The monoisotopic (exact) mass is 578 g/mol. The number of rotatable bonds is 12. The van der Waals surface area contributed by atoms with Gasteiger partial charge in [-0.25, -0.2) is 9.59 Å². The number of ether oxygens (including phenoxy) is 3. The van der Waals surface area contributed by atoms with Crippen LogP contribution in [0.3, 0.4) is 0 Å². The van der Waals surface area contributed by atoms with Gasteiger partial charge in [-0.3, -0.25) is 14.9 Å². The Labute approximate surface area is 231 Å². The van der Waals surface area contributed by atoms with Crippen LogP contribution in [0.4, 0.5) is 10.1 Å². The maximum absolute atomic E-state index is 12.7. The fraction of sp³-hybridized carbons (Fsp3) is 0.333. The number of carbonyl (C=O) groups is 4. The van der Waals surface area contributed by atoms with Crippen LogP contribution in [0.15, 0.2) is 28.6 Å². The molecule has 0 saturated carbocycles. The topological polar surface area (TPSA) is 146 Å². The van der Waals surface area contributed by atoms with Crippen molar-refractivity contribution in [2.24, 2.45) is 0 Å². The summed E-state index contributed by atoms with van der Waals surface area (Å²) >= 11 is 3.18. The first kappa shape index (κ1) is 29.1. The summed E-state index contributed by atoms with van der Waals surface area (Å²) in [4.78, 5) is 50.1. The van der Waals surface area contributed by atoms with Crippen LogP contribution >= 0.6 is 34.4 Å². The number of nitrogens with zero attached hydrogens (tertiary/aromatic N) is 2. The van der Waals surface area contributed by atoms with Gasteiger partial charge in [0.25, 0.3) is 5.91 Å². The summed E-state index contributed by atoms with van der Waals surface area (Å²) in [6, 6.07) is 6.70. The van der Waals surface area contributed by atoms with Crippen molar-refractivity contribution in [3.05, 3.63) is 45.8 Å². The third-order valence-corrected chi connectivity index (χ3v) is 7.88. The van der Waals surface area contributed by atoms with E-state index in [-0.39, 0.29) is 45.4 Å². The van der Waals surface area contributed by atoms with Gasteiger partial charge >= 0.3 is 11.9 Å². The molecule has 1 aromatic carbocycles. The summed E-state index contributed by atoms with van der Waals surface area (Å²) in [5.41, 5.74) is 0.934. The minimum atomic E-state index is -0.642. The highest BCUT2D eigenvalue weighted by Crippen LogP contribution is 2.35. The molecule has 0 aliphatic heterocycles. The molecule has 0 radical (unpaired) electrons. The van der Waals surface area contributed by atoms with Gasteiger partial charge in [0.05, 0.1) is 31.1 Å². The second-order valence-corrected chi connectivity index (χ2v) is 10.5. The van der Waals surface area contributed by atoms with Crippen LogP contribution in [-0.2, 0) is 14.3 Å². The lowest BCUT2D eigenvalue weighted by atomic mass is 10.1. The number of esters is 2. The predicted molar refractivity (Wildman–Crippen MR) is 146 cm³/mol. The van der Waals surface area contributed by atoms with E-state index in [0.717, 1.165) is 34.4 Å². The summed E-state index contributed by atoms with van der Waals surface area (Å²) in [6.45, 7) is 7.66. The van der Waals surface area contributed by atoms with Crippen molar-refractivity contribution in [2.45, 2.75) is 32.0 Å². The molecule has 0 bridgehead atoms. The van der Waals surface area contributed by atoms with Crippen LogP contribution in [0.5, 0.6) is 5.75 Å². The number of nitrogens with one attached hydrogen (secondary N) is 2. The molecule has 3 rings (SSSR count). The van der Waals surface area contributed by atoms with Crippen molar-refractivity contribution in [3.8, 4) is 5.75 Å². The highest BCUT2D eigenvalue weighted by atomic mass is 32.2. The first-order chi connectivity index (χ1) is 18.3. The Morgan fingerprint density at radius 2 is 1.58 bits per heavy atom. The van der Waals surface area contributed by atoms with E-state index >= 15 is 0 Å². The van der Waals surface area contributed by atoms with Crippen molar-refractivity contribution in [2.75, 3.05) is 36.2 Å². The normalized spacial score (nSPS) is 10.5. The molecular weight excluding hydrogens is 552 g/mol. The number of thiophene rings is 1. The first-order valence-corrected chi connectivity index (χ1v) is 14.2. The summed E-state index contributed by atoms with van der Waals surface area (Å²) in [7, 11) is 0. The van der Waals surface area contributed by atoms with E-state index in [0.29, 0.717) is 27.8 Å². The lowest BCUT2D eigenvalue weighted by Crippen LogP contribution is -2.16. The van der Waals surface area contributed by atoms with Crippen LogP contribution in [0.1, 0.15) is 56.7 Å². The second kappa shape index (κ2) is 13.9. The Hall–Kier alpha value is -3.49. The van der Waals surface area contributed by atoms with Crippen LogP contribution in [-0.4, -0.2) is 59.5 Å². The maximum atomic E-state index is 12.7. The largest absolute Gasteiger partial charge is 0.494 e. The van der Waals surface area contributed by atoms with Gasteiger partial charge in [-0.1, -0.05) is 23.1 Å². The molecule has 0 fully saturated rings. The maximum Gasteiger partial charge on any atom is 0.348 e. The zero-order valence-corrected chi connectivity index (χ0v) is 23.6. The molecule has 0 saturated heterocycles. The summed E-state index contributed by atoms with van der Waals surface area (Å²) in [6.07, 6.45) is 0. The molecule has 0 spiro atoms. The van der Waals surface area contributed by atoms with Crippen molar-refractivity contribution in [1.82, 2.24) is 10.2 Å². The molecule has 0 aliphatic rings. The van der Waals surface area contributed by atoms with Gasteiger partial charge in [0.1, 0.15) is 15.6 Å². The quantitative estimate of drug-likeness (QED) is 0.177. The molecule has 0 aliphatic carbocycles. The van der Waals surface area contributed by atoms with Crippen LogP contribution < -0.4 is 15.4 Å². The van der Waals surface area contributed by atoms with E-state index in [1.807, 2.05) is 6.92 Å². The van der Waals surface area contributed by atoms with Crippen molar-refractivity contribution < 1.29 is 33.4 Å². The molecule has 2 amide bonds. The molecule has 2 aromatic heterocycles. The SMILES string of the molecule is CCOC(=O)c1sc(NC(=O)CSc2nnc(NC(=O)c3ccc(OCC)cc3)s2)c(C(=O)OCC)c1C. The molecule has 14 heteroatoms. The van der Waals surface area contributed by atoms with Crippen LogP contribution in [0, 0.1) is 6.92 Å². The number of benzene rings is 1. The van der Waals surface area contributed by atoms with E-state index in [4.69, 9.17) is 14.2 Å². The smallest absolute Gasteiger partial charge is 0.348 e. The molecule has 0 atom stereocenters. The Kier molecular flexibility index (Phi) is 10.6. The Morgan fingerprint density at radius 1 is 0.895 bits per heavy atom. The second-order valence-electron chi connectivity index (χ2n) is 7.32. The number of anilines is 2. The predicted octanol–water partition coefficient (Wildman–Crippen LogP) is 4.64. The van der Waals surface area contributed by atoms with E-state index in [1.54, 1.807) is 45.0 Å². The minimum absolute atomic E-state index is 0.0462. The van der Waals surface area contributed by atoms with E-state index in [9.17, 15) is 19.2 Å². The van der Waals surface area contributed by atoms with Gasteiger partial charge in [-0.15, -0.1) is 21.5 Å². The Bertz CT molecular complexity index is 1300. The van der Waals surface area contributed by atoms with Crippen LogP contribution in [0.2, 0.25) is 0 Å². The molecule has 2 N–H and O–H groups in total.